The van der Waals surface area contributed by atoms with Crippen LogP contribution in [0.1, 0.15) is 5.82 Å². The molecule has 1 aliphatic rings. The molecule has 1 aromatic carbocycles. The zero-order valence-electron chi connectivity index (χ0n) is 11.1. The van der Waals surface area contributed by atoms with Gasteiger partial charge in [-0.1, -0.05) is 11.6 Å². The second-order valence-corrected chi connectivity index (χ2v) is 7.85. The van der Waals surface area contributed by atoms with E-state index in [9.17, 15) is 8.42 Å². The summed E-state index contributed by atoms with van der Waals surface area (Å²) in [7, 11) is -0.982. The summed E-state index contributed by atoms with van der Waals surface area (Å²) in [5.74, 6) is 1.27. The molecule has 3 rings (SSSR count). The highest BCUT2D eigenvalue weighted by Crippen LogP contribution is 2.20. The van der Waals surface area contributed by atoms with Gasteiger partial charge >= 0.3 is 0 Å². The van der Waals surface area contributed by atoms with Gasteiger partial charge in [0.05, 0.1) is 22.5 Å². The van der Waals surface area contributed by atoms with Crippen molar-refractivity contribution in [2.75, 3.05) is 18.1 Å². The largest absolute Gasteiger partial charge is 0.331 e. The standard InChI is InChI=1S/C13H16ClN3O2S/c1-17-12-3-2-9(14)6-11(12)16-13(17)7-10-8-20(18,19)5-4-15-10/h2-3,6,10,15H,4-5,7-8H2,1H3. The third-order valence-corrected chi connectivity index (χ3v) is 5.64. The molecule has 1 fully saturated rings. The van der Waals surface area contributed by atoms with E-state index >= 15 is 0 Å². The molecule has 0 bridgehead atoms. The topological polar surface area (TPSA) is 64.0 Å². The fourth-order valence-electron chi connectivity index (χ4n) is 2.62. The van der Waals surface area contributed by atoms with Gasteiger partial charge in [-0.25, -0.2) is 13.4 Å². The van der Waals surface area contributed by atoms with Crippen LogP contribution in [0, 0.1) is 0 Å². The first-order valence-corrected chi connectivity index (χ1v) is 8.69. The lowest BCUT2D eigenvalue weighted by Crippen LogP contribution is -2.46. The molecule has 1 aliphatic heterocycles. The molecule has 0 spiro atoms. The molecule has 1 atom stereocenters. The Morgan fingerprint density at radius 1 is 1.50 bits per heavy atom. The van der Waals surface area contributed by atoms with Gasteiger partial charge in [-0.3, -0.25) is 0 Å². The van der Waals surface area contributed by atoms with E-state index in [1.807, 2.05) is 29.8 Å². The average Bonchev–Trinajstić information content (AvgIpc) is 2.64. The van der Waals surface area contributed by atoms with E-state index < -0.39 is 9.84 Å². The monoisotopic (exact) mass is 313 g/mol. The van der Waals surface area contributed by atoms with Crippen LogP contribution < -0.4 is 5.32 Å². The first-order valence-electron chi connectivity index (χ1n) is 6.49. The van der Waals surface area contributed by atoms with E-state index in [0.717, 1.165) is 16.9 Å². The maximum absolute atomic E-state index is 11.7. The van der Waals surface area contributed by atoms with Crippen molar-refractivity contribution in [3.63, 3.8) is 0 Å². The molecule has 5 nitrogen and oxygen atoms in total. The molecule has 1 N–H and O–H groups in total. The maximum Gasteiger partial charge on any atom is 0.153 e. The third kappa shape index (κ3) is 2.68. The number of aromatic nitrogens is 2. The molecule has 2 aromatic rings. The number of aryl methyl sites for hydroxylation is 1. The zero-order valence-corrected chi connectivity index (χ0v) is 12.7. The molecular formula is C13H16ClN3O2S. The van der Waals surface area contributed by atoms with Gasteiger partial charge in [0.2, 0.25) is 0 Å². The summed E-state index contributed by atoms with van der Waals surface area (Å²) in [6.45, 7) is 0.517. The van der Waals surface area contributed by atoms with Crippen LogP contribution in [-0.2, 0) is 23.3 Å². The molecule has 0 radical (unpaired) electrons. The van der Waals surface area contributed by atoms with Crippen LogP contribution in [0.2, 0.25) is 5.02 Å². The van der Waals surface area contributed by atoms with E-state index in [1.54, 1.807) is 0 Å². The summed E-state index contributed by atoms with van der Waals surface area (Å²) >= 11 is 5.97. The van der Waals surface area contributed by atoms with Crippen LogP contribution in [0.4, 0.5) is 0 Å². The molecule has 1 unspecified atom stereocenters. The maximum atomic E-state index is 11.7. The van der Waals surface area contributed by atoms with Crippen molar-refractivity contribution in [2.45, 2.75) is 12.5 Å². The summed E-state index contributed by atoms with van der Waals surface area (Å²) in [5, 5.41) is 3.90. The fraction of sp³-hybridized carbons (Fsp3) is 0.462. The summed E-state index contributed by atoms with van der Waals surface area (Å²) in [6, 6.07) is 5.52. The number of benzene rings is 1. The number of imidazole rings is 1. The highest BCUT2D eigenvalue weighted by Gasteiger charge is 2.25. The molecule has 1 aromatic heterocycles. The van der Waals surface area contributed by atoms with Crippen LogP contribution in [0.5, 0.6) is 0 Å². The minimum Gasteiger partial charge on any atom is -0.331 e. The lowest BCUT2D eigenvalue weighted by Gasteiger charge is -2.23. The van der Waals surface area contributed by atoms with Crippen molar-refractivity contribution < 1.29 is 8.42 Å². The van der Waals surface area contributed by atoms with Gasteiger partial charge in [0.25, 0.3) is 0 Å². The van der Waals surface area contributed by atoms with Gasteiger partial charge < -0.3 is 9.88 Å². The van der Waals surface area contributed by atoms with Gasteiger partial charge in [-0.2, -0.15) is 0 Å². The van der Waals surface area contributed by atoms with Crippen molar-refractivity contribution in [2.24, 2.45) is 7.05 Å². The number of halogens is 1. The Kier molecular flexibility index (Phi) is 3.48. The number of nitrogens with one attached hydrogen (secondary N) is 1. The molecule has 108 valence electrons. The number of nitrogens with zero attached hydrogens (tertiary/aromatic N) is 2. The minimum atomic E-state index is -2.92. The quantitative estimate of drug-likeness (QED) is 0.903. The number of rotatable bonds is 2. The fourth-order valence-corrected chi connectivity index (χ4v) is 4.23. The molecular weight excluding hydrogens is 298 g/mol. The lowest BCUT2D eigenvalue weighted by molar-refractivity contribution is 0.505. The molecule has 0 amide bonds. The minimum absolute atomic E-state index is 0.0697. The Morgan fingerprint density at radius 2 is 2.30 bits per heavy atom. The van der Waals surface area contributed by atoms with Gasteiger partial charge in [0.15, 0.2) is 9.84 Å². The summed E-state index contributed by atoms with van der Waals surface area (Å²) in [6.07, 6.45) is 0.599. The molecule has 2 heterocycles. The number of hydrogen-bond acceptors (Lipinski definition) is 4. The molecule has 20 heavy (non-hydrogen) atoms. The number of fused-ring (bicyclic) bond motifs is 1. The van der Waals surface area contributed by atoms with Crippen LogP contribution in [-0.4, -0.2) is 42.1 Å². The third-order valence-electron chi connectivity index (χ3n) is 3.67. The highest BCUT2D eigenvalue weighted by molar-refractivity contribution is 7.91. The van der Waals surface area contributed by atoms with Crippen molar-refractivity contribution in [3.8, 4) is 0 Å². The molecule has 1 saturated heterocycles. The SMILES string of the molecule is Cn1c(CC2CS(=O)(=O)CCN2)nc2cc(Cl)ccc21. The van der Waals surface area contributed by atoms with E-state index in [0.29, 0.717) is 18.0 Å². The van der Waals surface area contributed by atoms with Gasteiger partial charge in [0.1, 0.15) is 5.82 Å². The Morgan fingerprint density at radius 3 is 3.05 bits per heavy atom. The van der Waals surface area contributed by atoms with Crippen molar-refractivity contribution >= 4 is 32.5 Å². The molecule has 7 heteroatoms. The van der Waals surface area contributed by atoms with Crippen molar-refractivity contribution in [3.05, 3.63) is 29.0 Å². The lowest BCUT2D eigenvalue weighted by atomic mass is 10.2. The average molecular weight is 314 g/mol. The Hall–Kier alpha value is -1.11. The van der Waals surface area contributed by atoms with Crippen LogP contribution in [0.3, 0.4) is 0 Å². The first kappa shape index (κ1) is 13.9. The zero-order chi connectivity index (χ0) is 14.3. The van der Waals surface area contributed by atoms with Gasteiger partial charge in [-0.15, -0.1) is 0 Å². The predicted molar refractivity (Wildman–Crippen MR) is 79.9 cm³/mol. The second-order valence-electron chi connectivity index (χ2n) is 5.19. The summed E-state index contributed by atoms with van der Waals surface area (Å²) in [5.41, 5.74) is 1.84. The first-order chi connectivity index (χ1) is 9.44. The Labute approximate surface area is 122 Å². The molecule has 0 saturated carbocycles. The van der Waals surface area contributed by atoms with Crippen LogP contribution >= 0.6 is 11.6 Å². The van der Waals surface area contributed by atoms with E-state index in [1.165, 1.54) is 0 Å². The second kappa shape index (κ2) is 5.02. The number of hydrogen-bond donors (Lipinski definition) is 1. The van der Waals surface area contributed by atoms with Crippen LogP contribution in [0.25, 0.3) is 11.0 Å². The summed E-state index contributed by atoms with van der Waals surface area (Å²) in [4.78, 5) is 4.56. The highest BCUT2D eigenvalue weighted by atomic mass is 35.5. The van der Waals surface area contributed by atoms with Crippen molar-refractivity contribution in [1.82, 2.24) is 14.9 Å². The number of sulfone groups is 1. The van der Waals surface area contributed by atoms with E-state index in [2.05, 4.69) is 10.3 Å². The summed E-state index contributed by atoms with van der Waals surface area (Å²) < 4.78 is 25.3. The van der Waals surface area contributed by atoms with Gasteiger partial charge in [0, 0.05) is 31.1 Å². The van der Waals surface area contributed by atoms with Crippen molar-refractivity contribution in [1.29, 1.82) is 0 Å². The Bertz CT molecular complexity index is 754. The van der Waals surface area contributed by atoms with E-state index in [-0.39, 0.29) is 17.5 Å². The van der Waals surface area contributed by atoms with E-state index in [4.69, 9.17) is 11.6 Å². The normalized spacial score (nSPS) is 22.2. The molecule has 0 aliphatic carbocycles. The van der Waals surface area contributed by atoms with Gasteiger partial charge in [-0.05, 0) is 18.2 Å². The Balaban J connectivity index is 1.89. The smallest absolute Gasteiger partial charge is 0.153 e. The predicted octanol–water partition coefficient (Wildman–Crippen LogP) is 1.16. The van der Waals surface area contributed by atoms with Crippen LogP contribution in [0.15, 0.2) is 18.2 Å².